The molecule has 6 heteroatoms. The standard InChI is InChI=1S/C17H26NO4P/c1-4-20-23(19,21-5-2)17(3)15-12-9-13-18(15)16(22-17)14-10-7-6-8-11-14/h6-8,10-11,15-16H,4-5,9,12-13H2,1-3H3. The van der Waals surface area contributed by atoms with Crippen LogP contribution in [0.4, 0.5) is 0 Å². The fourth-order valence-electron chi connectivity index (χ4n) is 3.78. The molecule has 0 radical (unpaired) electrons. The molecule has 5 nitrogen and oxygen atoms in total. The molecule has 128 valence electrons. The van der Waals surface area contributed by atoms with E-state index in [1.54, 1.807) is 0 Å². The van der Waals surface area contributed by atoms with Crippen LogP contribution in [0, 0.1) is 0 Å². The van der Waals surface area contributed by atoms with Crippen molar-refractivity contribution in [3.8, 4) is 0 Å². The SMILES string of the molecule is CCOP(=O)(OCC)C1(C)OC(c2ccccc2)N2CCCC21. The normalized spacial score (nSPS) is 31.4. The summed E-state index contributed by atoms with van der Waals surface area (Å²) in [5, 5.41) is -0.934. The number of rotatable bonds is 6. The molecule has 0 saturated carbocycles. The lowest BCUT2D eigenvalue weighted by Gasteiger charge is -2.35. The van der Waals surface area contributed by atoms with Crippen LogP contribution in [0.1, 0.15) is 45.4 Å². The zero-order valence-electron chi connectivity index (χ0n) is 14.1. The monoisotopic (exact) mass is 339 g/mol. The molecular formula is C17H26NO4P. The number of ether oxygens (including phenoxy) is 1. The molecule has 1 aromatic carbocycles. The third-order valence-electron chi connectivity index (χ3n) is 4.79. The van der Waals surface area contributed by atoms with Crippen LogP contribution in [-0.4, -0.2) is 36.0 Å². The van der Waals surface area contributed by atoms with E-state index in [1.165, 1.54) is 0 Å². The third-order valence-corrected chi connectivity index (χ3v) is 7.48. The Kier molecular flexibility index (Phi) is 4.96. The first kappa shape index (κ1) is 17.1. The molecule has 2 aliphatic heterocycles. The van der Waals surface area contributed by atoms with Gasteiger partial charge >= 0.3 is 7.60 Å². The minimum atomic E-state index is -3.37. The molecule has 23 heavy (non-hydrogen) atoms. The van der Waals surface area contributed by atoms with Gasteiger partial charge in [0, 0.05) is 6.54 Å². The van der Waals surface area contributed by atoms with Gasteiger partial charge in [-0.25, -0.2) is 0 Å². The van der Waals surface area contributed by atoms with E-state index in [9.17, 15) is 4.57 Å². The molecule has 2 heterocycles. The molecule has 0 amide bonds. The van der Waals surface area contributed by atoms with Gasteiger partial charge in [-0.1, -0.05) is 30.3 Å². The van der Waals surface area contributed by atoms with Gasteiger partial charge in [0.2, 0.25) is 0 Å². The second-order valence-corrected chi connectivity index (χ2v) is 8.56. The van der Waals surface area contributed by atoms with Gasteiger partial charge in [0.25, 0.3) is 0 Å². The highest BCUT2D eigenvalue weighted by atomic mass is 31.2. The van der Waals surface area contributed by atoms with E-state index < -0.39 is 12.9 Å². The minimum absolute atomic E-state index is 0.0524. The van der Waals surface area contributed by atoms with Crippen LogP contribution in [0.15, 0.2) is 30.3 Å². The van der Waals surface area contributed by atoms with Crippen molar-refractivity contribution in [2.45, 2.75) is 51.2 Å². The summed E-state index contributed by atoms with van der Waals surface area (Å²) in [4.78, 5) is 2.31. The Bertz CT molecular complexity index is 571. The van der Waals surface area contributed by atoms with E-state index in [1.807, 2.05) is 39.0 Å². The summed E-state index contributed by atoms with van der Waals surface area (Å²) in [5.41, 5.74) is 1.09. The smallest absolute Gasteiger partial charge is 0.338 e. The van der Waals surface area contributed by atoms with Gasteiger partial charge in [-0.3, -0.25) is 9.46 Å². The summed E-state index contributed by atoms with van der Waals surface area (Å²) in [6.45, 7) is 7.21. The zero-order valence-corrected chi connectivity index (χ0v) is 15.0. The second kappa shape index (κ2) is 6.66. The summed E-state index contributed by atoms with van der Waals surface area (Å²) in [6.07, 6.45) is 1.83. The Balaban J connectivity index is 1.97. The minimum Gasteiger partial charge on any atom is -0.338 e. The van der Waals surface area contributed by atoms with Crippen LogP contribution >= 0.6 is 7.60 Å². The molecule has 0 spiro atoms. The maximum absolute atomic E-state index is 13.5. The van der Waals surface area contributed by atoms with Gasteiger partial charge in [-0.2, -0.15) is 0 Å². The van der Waals surface area contributed by atoms with Crippen molar-refractivity contribution in [1.29, 1.82) is 0 Å². The Morgan fingerprint density at radius 3 is 2.52 bits per heavy atom. The average Bonchev–Trinajstić information content (AvgIpc) is 3.12. The molecule has 1 aromatic rings. The lowest BCUT2D eigenvalue weighted by Crippen LogP contribution is -2.40. The number of benzene rings is 1. The van der Waals surface area contributed by atoms with Crippen molar-refractivity contribution >= 4 is 7.60 Å². The van der Waals surface area contributed by atoms with E-state index in [0.717, 1.165) is 24.9 Å². The molecule has 2 aliphatic rings. The molecule has 2 saturated heterocycles. The van der Waals surface area contributed by atoms with Crippen LogP contribution in [0.25, 0.3) is 0 Å². The molecular weight excluding hydrogens is 313 g/mol. The van der Waals surface area contributed by atoms with Crippen LogP contribution in [0.2, 0.25) is 0 Å². The predicted molar refractivity (Wildman–Crippen MR) is 89.3 cm³/mol. The zero-order chi connectivity index (χ0) is 16.5. The van der Waals surface area contributed by atoms with E-state index in [-0.39, 0.29) is 12.3 Å². The quantitative estimate of drug-likeness (QED) is 0.728. The van der Waals surface area contributed by atoms with Gasteiger partial charge in [-0.05, 0) is 39.2 Å². The fraction of sp³-hybridized carbons (Fsp3) is 0.647. The Morgan fingerprint density at radius 1 is 1.26 bits per heavy atom. The molecule has 0 aliphatic carbocycles. The number of fused-ring (bicyclic) bond motifs is 1. The van der Waals surface area contributed by atoms with E-state index in [2.05, 4.69) is 17.0 Å². The van der Waals surface area contributed by atoms with Gasteiger partial charge in [0.15, 0.2) is 5.34 Å². The first-order chi connectivity index (χ1) is 11.1. The molecule has 3 unspecified atom stereocenters. The van der Waals surface area contributed by atoms with E-state index in [4.69, 9.17) is 13.8 Å². The van der Waals surface area contributed by atoms with Crippen LogP contribution in [0.3, 0.4) is 0 Å². The Labute approximate surface area is 138 Å². The third kappa shape index (κ3) is 2.79. The summed E-state index contributed by atoms with van der Waals surface area (Å²) in [6, 6.07) is 10.2. The highest BCUT2D eigenvalue weighted by Gasteiger charge is 2.63. The summed E-state index contributed by atoms with van der Waals surface area (Å²) in [7, 11) is -3.37. The number of nitrogens with zero attached hydrogens (tertiary/aromatic N) is 1. The maximum Gasteiger partial charge on any atom is 0.363 e. The summed E-state index contributed by atoms with van der Waals surface area (Å²) in [5.74, 6) is 0. The van der Waals surface area contributed by atoms with Crippen molar-refractivity contribution in [2.24, 2.45) is 0 Å². The van der Waals surface area contributed by atoms with Crippen molar-refractivity contribution in [1.82, 2.24) is 4.90 Å². The first-order valence-electron chi connectivity index (χ1n) is 8.43. The van der Waals surface area contributed by atoms with Crippen molar-refractivity contribution < 1.29 is 18.3 Å². The van der Waals surface area contributed by atoms with Crippen LogP contribution in [-0.2, 0) is 18.3 Å². The van der Waals surface area contributed by atoms with Crippen molar-refractivity contribution in [3.63, 3.8) is 0 Å². The highest BCUT2D eigenvalue weighted by Crippen LogP contribution is 2.68. The molecule has 0 aromatic heterocycles. The Morgan fingerprint density at radius 2 is 1.91 bits per heavy atom. The average molecular weight is 339 g/mol. The molecule has 0 bridgehead atoms. The lowest BCUT2D eigenvalue weighted by atomic mass is 10.1. The van der Waals surface area contributed by atoms with Crippen LogP contribution < -0.4 is 0 Å². The second-order valence-electron chi connectivity index (χ2n) is 6.16. The Hall–Kier alpha value is -0.710. The molecule has 3 rings (SSSR count). The van der Waals surface area contributed by atoms with E-state index in [0.29, 0.717) is 13.2 Å². The van der Waals surface area contributed by atoms with Crippen LogP contribution in [0.5, 0.6) is 0 Å². The largest absolute Gasteiger partial charge is 0.363 e. The maximum atomic E-state index is 13.5. The van der Waals surface area contributed by atoms with Gasteiger partial charge in [0.05, 0.1) is 19.3 Å². The summed E-state index contributed by atoms with van der Waals surface area (Å²) >= 11 is 0. The number of hydrogen-bond acceptors (Lipinski definition) is 5. The number of hydrogen-bond donors (Lipinski definition) is 0. The molecule has 0 N–H and O–H groups in total. The van der Waals surface area contributed by atoms with Gasteiger partial charge < -0.3 is 13.8 Å². The predicted octanol–water partition coefficient (Wildman–Crippen LogP) is 4.16. The van der Waals surface area contributed by atoms with Crippen molar-refractivity contribution in [3.05, 3.63) is 35.9 Å². The fourth-order valence-corrected chi connectivity index (χ4v) is 5.91. The first-order valence-corrected chi connectivity index (χ1v) is 9.97. The molecule has 3 atom stereocenters. The molecule has 2 fully saturated rings. The van der Waals surface area contributed by atoms with E-state index >= 15 is 0 Å². The van der Waals surface area contributed by atoms with Gasteiger partial charge in [-0.15, -0.1) is 0 Å². The lowest BCUT2D eigenvalue weighted by molar-refractivity contribution is -0.0301. The summed E-state index contributed by atoms with van der Waals surface area (Å²) < 4.78 is 31.1. The highest BCUT2D eigenvalue weighted by molar-refractivity contribution is 7.55. The topological polar surface area (TPSA) is 48.0 Å². The van der Waals surface area contributed by atoms with Gasteiger partial charge in [0.1, 0.15) is 6.23 Å². The van der Waals surface area contributed by atoms with Crippen molar-refractivity contribution in [2.75, 3.05) is 19.8 Å².